The van der Waals surface area contributed by atoms with E-state index in [1.807, 2.05) is 6.92 Å². The van der Waals surface area contributed by atoms with Gasteiger partial charge in [-0.25, -0.2) is 17.5 Å². The van der Waals surface area contributed by atoms with Crippen LogP contribution in [-0.4, -0.2) is 21.0 Å². The van der Waals surface area contributed by atoms with E-state index in [-0.39, 0.29) is 17.6 Å². The van der Waals surface area contributed by atoms with Gasteiger partial charge in [-0.05, 0) is 24.6 Å². The second-order valence-corrected chi connectivity index (χ2v) is 5.77. The number of nitrogens with one attached hydrogen (secondary N) is 1. The molecule has 0 radical (unpaired) electrons. The van der Waals surface area contributed by atoms with Crippen molar-refractivity contribution in [2.24, 2.45) is 5.73 Å². The van der Waals surface area contributed by atoms with Crippen LogP contribution in [0.5, 0.6) is 0 Å². The normalized spacial score (nSPS) is 13.6. The Hall–Kier alpha value is -0.690. The van der Waals surface area contributed by atoms with Crippen molar-refractivity contribution in [1.29, 1.82) is 0 Å². The van der Waals surface area contributed by atoms with Gasteiger partial charge in [-0.2, -0.15) is 0 Å². The minimum atomic E-state index is -3.88. The van der Waals surface area contributed by atoms with E-state index in [0.717, 1.165) is 12.1 Å². The minimum absolute atomic E-state index is 0.0703. The molecule has 0 aliphatic rings. The SMILES string of the molecule is CCC(N)CNS(=O)(=O)c1ccc(Cl)cc1F. The number of sulfonamides is 1. The Morgan fingerprint density at radius 1 is 1.53 bits per heavy atom. The molecule has 0 spiro atoms. The lowest BCUT2D eigenvalue weighted by Crippen LogP contribution is -2.37. The summed E-state index contributed by atoms with van der Waals surface area (Å²) in [5.74, 6) is -0.880. The maximum absolute atomic E-state index is 13.4. The van der Waals surface area contributed by atoms with E-state index in [0.29, 0.717) is 6.42 Å². The smallest absolute Gasteiger partial charge is 0.243 e. The maximum Gasteiger partial charge on any atom is 0.243 e. The molecule has 0 amide bonds. The van der Waals surface area contributed by atoms with E-state index >= 15 is 0 Å². The Bertz CT molecular complexity index is 493. The van der Waals surface area contributed by atoms with E-state index < -0.39 is 20.7 Å². The van der Waals surface area contributed by atoms with Gasteiger partial charge < -0.3 is 5.73 Å². The molecule has 4 nitrogen and oxygen atoms in total. The summed E-state index contributed by atoms with van der Waals surface area (Å²) in [6.07, 6.45) is 0.631. The second-order valence-electron chi connectivity index (χ2n) is 3.59. The first-order chi connectivity index (χ1) is 7.86. The Morgan fingerprint density at radius 2 is 2.18 bits per heavy atom. The summed E-state index contributed by atoms with van der Waals surface area (Å²) in [6, 6.07) is 3.10. The summed E-state index contributed by atoms with van der Waals surface area (Å²) in [4.78, 5) is -0.426. The van der Waals surface area contributed by atoms with Gasteiger partial charge in [-0.3, -0.25) is 0 Å². The second kappa shape index (κ2) is 5.77. The van der Waals surface area contributed by atoms with Gasteiger partial charge in [0, 0.05) is 17.6 Å². The molecule has 0 aliphatic heterocycles. The highest BCUT2D eigenvalue weighted by Crippen LogP contribution is 2.18. The van der Waals surface area contributed by atoms with Gasteiger partial charge in [0.1, 0.15) is 10.7 Å². The Morgan fingerprint density at radius 3 is 2.71 bits per heavy atom. The van der Waals surface area contributed by atoms with Crippen LogP contribution in [-0.2, 0) is 10.0 Å². The van der Waals surface area contributed by atoms with E-state index in [2.05, 4.69) is 4.72 Å². The molecule has 0 saturated carbocycles. The molecule has 0 saturated heterocycles. The number of hydrogen-bond acceptors (Lipinski definition) is 3. The summed E-state index contributed by atoms with van der Waals surface area (Å²) in [5.41, 5.74) is 5.58. The molecular formula is C10H14ClFN2O2S. The van der Waals surface area contributed by atoms with Gasteiger partial charge in [0.2, 0.25) is 10.0 Å². The van der Waals surface area contributed by atoms with E-state index in [1.165, 1.54) is 6.07 Å². The van der Waals surface area contributed by atoms with Crippen molar-refractivity contribution < 1.29 is 12.8 Å². The average Bonchev–Trinajstić information content (AvgIpc) is 2.25. The van der Waals surface area contributed by atoms with E-state index in [4.69, 9.17) is 17.3 Å². The standard InChI is InChI=1S/C10H14ClFN2O2S/c1-2-8(13)6-14-17(15,16)10-4-3-7(11)5-9(10)12/h3-5,8,14H,2,6,13H2,1H3. The molecule has 0 bridgehead atoms. The number of hydrogen-bond donors (Lipinski definition) is 2. The van der Waals surface area contributed by atoms with Crippen LogP contribution in [0, 0.1) is 5.82 Å². The molecule has 1 aromatic carbocycles. The first-order valence-corrected chi connectivity index (χ1v) is 6.93. The number of nitrogens with two attached hydrogens (primary N) is 1. The van der Waals surface area contributed by atoms with Crippen LogP contribution in [0.4, 0.5) is 4.39 Å². The zero-order valence-corrected chi connectivity index (χ0v) is 10.9. The van der Waals surface area contributed by atoms with Gasteiger partial charge in [-0.15, -0.1) is 0 Å². The number of rotatable bonds is 5. The first kappa shape index (κ1) is 14.4. The number of benzene rings is 1. The Labute approximate surface area is 105 Å². The summed E-state index contributed by atoms with van der Waals surface area (Å²) in [6.45, 7) is 1.91. The molecule has 3 N–H and O–H groups in total. The zero-order valence-electron chi connectivity index (χ0n) is 9.28. The molecule has 1 atom stereocenters. The van der Waals surface area contributed by atoms with E-state index in [9.17, 15) is 12.8 Å². The fourth-order valence-corrected chi connectivity index (χ4v) is 2.44. The predicted molar refractivity (Wildman–Crippen MR) is 64.9 cm³/mol. The molecule has 1 aromatic rings. The number of halogens is 2. The van der Waals surface area contributed by atoms with Crippen LogP contribution in [0.1, 0.15) is 13.3 Å². The molecular weight excluding hydrogens is 267 g/mol. The summed E-state index contributed by atoms with van der Waals surface area (Å²) in [7, 11) is -3.88. The lowest BCUT2D eigenvalue weighted by Gasteiger charge is -2.11. The molecule has 17 heavy (non-hydrogen) atoms. The topological polar surface area (TPSA) is 72.2 Å². The maximum atomic E-state index is 13.4. The predicted octanol–water partition coefficient (Wildman–Crippen LogP) is 1.49. The Balaban J connectivity index is 2.90. The highest BCUT2D eigenvalue weighted by molar-refractivity contribution is 7.89. The third kappa shape index (κ3) is 3.92. The van der Waals surface area contributed by atoms with Crippen molar-refractivity contribution in [3.63, 3.8) is 0 Å². The molecule has 0 aromatic heterocycles. The van der Waals surface area contributed by atoms with Gasteiger partial charge >= 0.3 is 0 Å². The van der Waals surface area contributed by atoms with Crippen LogP contribution in [0.25, 0.3) is 0 Å². The third-order valence-electron chi connectivity index (χ3n) is 2.24. The fourth-order valence-electron chi connectivity index (χ4n) is 1.13. The highest BCUT2D eigenvalue weighted by Gasteiger charge is 2.19. The molecule has 7 heteroatoms. The molecule has 96 valence electrons. The quantitative estimate of drug-likeness (QED) is 0.858. The van der Waals surface area contributed by atoms with Gasteiger partial charge in [0.25, 0.3) is 0 Å². The summed E-state index contributed by atoms with van der Waals surface area (Å²) < 4.78 is 39.1. The van der Waals surface area contributed by atoms with Crippen molar-refractivity contribution in [2.75, 3.05) is 6.54 Å². The first-order valence-electron chi connectivity index (χ1n) is 5.07. The molecule has 0 fully saturated rings. The highest BCUT2D eigenvalue weighted by atomic mass is 35.5. The molecule has 0 heterocycles. The molecule has 0 aliphatic carbocycles. The third-order valence-corrected chi connectivity index (χ3v) is 3.94. The molecule has 1 unspecified atom stereocenters. The fraction of sp³-hybridized carbons (Fsp3) is 0.400. The minimum Gasteiger partial charge on any atom is -0.327 e. The lowest BCUT2D eigenvalue weighted by molar-refractivity contribution is 0.546. The average molecular weight is 281 g/mol. The summed E-state index contributed by atoms with van der Waals surface area (Å²) >= 11 is 5.54. The monoisotopic (exact) mass is 280 g/mol. The lowest BCUT2D eigenvalue weighted by atomic mass is 10.2. The zero-order chi connectivity index (χ0) is 13.1. The van der Waals surface area contributed by atoms with Crippen LogP contribution in [0.2, 0.25) is 5.02 Å². The van der Waals surface area contributed by atoms with Crippen molar-refractivity contribution in [3.8, 4) is 0 Å². The van der Waals surface area contributed by atoms with Crippen molar-refractivity contribution >= 4 is 21.6 Å². The summed E-state index contributed by atoms with van der Waals surface area (Å²) in [5, 5.41) is 0.145. The van der Waals surface area contributed by atoms with Gasteiger partial charge in [-0.1, -0.05) is 18.5 Å². The van der Waals surface area contributed by atoms with Crippen LogP contribution in [0.3, 0.4) is 0 Å². The van der Waals surface area contributed by atoms with Crippen LogP contribution in [0.15, 0.2) is 23.1 Å². The Kier molecular flexibility index (Phi) is 4.88. The van der Waals surface area contributed by atoms with Gasteiger partial charge in [0.05, 0.1) is 0 Å². The molecule has 1 rings (SSSR count). The van der Waals surface area contributed by atoms with Crippen LogP contribution < -0.4 is 10.5 Å². The van der Waals surface area contributed by atoms with Crippen molar-refractivity contribution in [1.82, 2.24) is 4.72 Å². The van der Waals surface area contributed by atoms with Gasteiger partial charge in [0.15, 0.2) is 0 Å². The largest absolute Gasteiger partial charge is 0.327 e. The van der Waals surface area contributed by atoms with Crippen molar-refractivity contribution in [2.45, 2.75) is 24.3 Å². The van der Waals surface area contributed by atoms with Crippen molar-refractivity contribution in [3.05, 3.63) is 29.0 Å². The van der Waals surface area contributed by atoms with E-state index in [1.54, 1.807) is 0 Å². The van der Waals surface area contributed by atoms with Crippen LogP contribution >= 0.6 is 11.6 Å².